The predicted octanol–water partition coefficient (Wildman–Crippen LogP) is -0.144. The van der Waals surface area contributed by atoms with Gasteiger partial charge in [0.1, 0.15) is 5.52 Å². The maximum absolute atomic E-state index is 10.5. The fourth-order valence-corrected chi connectivity index (χ4v) is 2.62. The third-order valence-electron chi connectivity index (χ3n) is 3.39. The first-order valence-electron chi connectivity index (χ1n) is 6.34. The fraction of sp³-hybridized carbons (Fsp3) is 0.583. The Morgan fingerprint density at radius 3 is 3.11 bits per heavy atom. The molecule has 0 spiro atoms. The maximum atomic E-state index is 10.5. The molecule has 1 saturated heterocycles. The first-order chi connectivity index (χ1) is 9.06. The fourth-order valence-electron chi connectivity index (χ4n) is 2.62. The lowest BCUT2D eigenvalue weighted by Crippen LogP contribution is -2.42. The van der Waals surface area contributed by atoms with Crippen LogP contribution in [0, 0.1) is 0 Å². The molecule has 0 aliphatic carbocycles. The normalized spacial score (nSPS) is 23.7. The Labute approximate surface area is 111 Å². The van der Waals surface area contributed by atoms with Crippen molar-refractivity contribution in [3.8, 4) is 0 Å². The number of rotatable bonds is 3. The number of aromatic amines is 1. The molecule has 0 radical (unpaired) electrons. The number of anilines is 1. The van der Waals surface area contributed by atoms with Gasteiger partial charge < -0.3 is 19.9 Å². The number of hydrogen-bond donors (Lipinski definition) is 2. The van der Waals surface area contributed by atoms with E-state index in [0.29, 0.717) is 24.7 Å². The Hall–Kier alpha value is -1.73. The molecule has 1 atom stereocenters. The summed E-state index contributed by atoms with van der Waals surface area (Å²) in [5, 5.41) is 10.5. The van der Waals surface area contributed by atoms with Crippen molar-refractivity contribution in [3.05, 3.63) is 12.5 Å². The van der Waals surface area contributed by atoms with Gasteiger partial charge in [-0.3, -0.25) is 0 Å². The lowest BCUT2D eigenvalue weighted by Gasteiger charge is -2.26. The van der Waals surface area contributed by atoms with Gasteiger partial charge in [-0.05, 0) is 20.5 Å². The van der Waals surface area contributed by atoms with Gasteiger partial charge in [-0.15, -0.1) is 0 Å². The molecule has 7 nitrogen and oxygen atoms in total. The van der Waals surface area contributed by atoms with E-state index in [0.717, 1.165) is 18.5 Å². The standard InChI is InChI=1S/C12H18N6O/c1-17(2)6-12(19)3-4-18(7-12)11-13-5-9-10(16-11)15-8-14-9/h5,8,19H,3-4,6-7H2,1-2H3,(H,13,14,15,16)/t12-/m0/s1. The number of imidazole rings is 1. The van der Waals surface area contributed by atoms with Crippen LogP contribution < -0.4 is 4.90 Å². The van der Waals surface area contributed by atoms with E-state index in [-0.39, 0.29) is 0 Å². The highest BCUT2D eigenvalue weighted by Crippen LogP contribution is 2.25. The predicted molar refractivity (Wildman–Crippen MR) is 72.0 cm³/mol. The van der Waals surface area contributed by atoms with E-state index < -0.39 is 5.60 Å². The number of fused-ring (bicyclic) bond motifs is 1. The van der Waals surface area contributed by atoms with Crippen molar-refractivity contribution in [2.45, 2.75) is 12.0 Å². The van der Waals surface area contributed by atoms with Crippen LogP contribution in [0.25, 0.3) is 11.2 Å². The minimum Gasteiger partial charge on any atom is -0.387 e. The van der Waals surface area contributed by atoms with Gasteiger partial charge in [0.05, 0.1) is 24.7 Å². The molecule has 0 amide bonds. The lowest BCUT2D eigenvalue weighted by atomic mass is 10.0. The van der Waals surface area contributed by atoms with Crippen LogP contribution >= 0.6 is 0 Å². The van der Waals surface area contributed by atoms with Crippen LogP contribution in [0.3, 0.4) is 0 Å². The summed E-state index contributed by atoms with van der Waals surface area (Å²) in [5.41, 5.74) is 0.799. The van der Waals surface area contributed by atoms with E-state index in [1.54, 1.807) is 12.5 Å². The van der Waals surface area contributed by atoms with Crippen LogP contribution in [0.2, 0.25) is 0 Å². The van der Waals surface area contributed by atoms with Gasteiger partial charge in [0.25, 0.3) is 0 Å². The molecule has 2 aromatic heterocycles. The summed E-state index contributed by atoms with van der Waals surface area (Å²) in [7, 11) is 3.93. The molecule has 2 N–H and O–H groups in total. The molecule has 3 heterocycles. The number of hydrogen-bond acceptors (Lipinski definition) is 6. The molecular weight excluding hydrogens is 244 g/mol. The minimum absolute atomic E-state index is 0.557. The quantitative estimate of drug-likeness (QED) is 0.801. The Morgan fingerprint density at radius 2 is 2.32 bits per heavy atom. The van der Waals surface area contributed by atoms with E-state index >= 15 is 0 Å². The van der Waals surface area contributed by atoms with Crippen molar-refractivity contribution in [1.82, 2.24) is 24.8 Å². The van der Waals surface area contributed by atoms with Crippen LogP contribution in [0.5, 0.6) is 0 Å². The van der Waals surface area contributed by atoms with Crippen LogP contribution in [0.1, 0.15) is 6.42 Å². The highest BCUT2D eigenvalue weighted by atomic mass is 16.3. The maximum Gasteiger partial charge on any atom is 0.227 e. The monoisotopic (exact) mass is 262 g/mol. The van der Waals surface area contributed by atoms with E-state index in [9.17, 15) is 5.11 Å². The summed E-state index contributed by atoms with van der Waals surface area (Å²) in [6.07, 6.45) is 4.07. The summed E-state index contributed by atoms with van der Waals surface area (Å²) >= 11 is 0. The second-order valence-corrected chi connectivity index (χ2v) is 5.44. The molecule has 0 bridgehead atoms. The van der Waals surface area contributed by atoms with Crippen LogP contribution in [-0.4, -0.2) is 69.3 Å². The topological polar surface area (TPSA) is 81.2 Å². The second kappa shape index (κ2) is 4.43. The van der Waals surface area contributed by atoms with E-state index in [2.05, 4.69) is 19.9 Å². The van der Waals surface area contributed by atoms with Gasteiger partial charge in [0.15, 0.2) is 5.65 Å². The Bertz CT molecular complexity index is 582. The third-order valence-corrected chi connectivity index (χ3v) is 3.39. The highest BCUT2D eigenvalue weighted by Gasteiger charge is 2.37. The number of likely N-dealkylation sites (N-methyl/N-ethyl adjacent to an activating group) is 1. The summed E-state index contributed by atoms with van der Waals surface area (Å²) < 4.78 is 0. The Balaban J connectivity index is 1.80. The zero-order valence-electron chi connectivity index (χ0n) is 11.2. The number of nitrogens with zero attached hydrogens (tertiary/aromatic N) is 5. The number of H-pyrrole nitrogens is 1. The summed E-state index contributed by atoms with van der Waals surface area (Å²) in [6, 6.07) is 0. The largest absolute Gasteiger partial charge is 0.387 e. The average Bonchev–Trinajstić information content (AvgIpc) is 2.93. The number of aliphatic hydroxyl groups is 1. The van der Waals surface area contributed by atoms with Gasteiger partial charge in [-0.2, -0.15) is 4.98 Å². The van der Waals surface area contributed by atoms with Crippen molar-refractivity contribution in [1.29, 1.82) is 0 Å². The van der Waals surface area contributed by atoms with Crippen LogP contribution in [-0.2, 0) is 0 Å². The number of β-amino-alcohol motifs (C(OH)–C–C–N with tert-alkyl or cyclic N) is 1. The van der Waals surface area contributed by atoms with E-state index in [1.807, 2.05) is 23.9 Å². The van der Waals surface area contributed by atoms with E-state index in [4.69, 9.17) is 0 Å². The van der Waals surface area contributed by atoms with Crippen molar-refractivity contribution in [3.63, 3.8) is 0 Å². The third kappa shape index (κ3) is 2.39. The average molecular weight is 262 g/mol. The summed E-state index contributed by atoms with van der Waals surface area (Å²) in [6.45, 7) is 1.97. The minimum atomic E-state index is -0.687. The summed E-state index contributed by atoms with van der Waals surface area (Å²) in [4.78, 5) is 19.8. The highest BCUT2D eigenvalue weighted by molar-refractivity contribution is 5.69. The van der Waals surface area contributed by atoms with Gasteiger partial charge in [-0.1, -0.05) is 0 Å². The van der Waals surface area contributed by atoms with Crippen molar-refractivity contribution in [2.75, 3.05) is 38.6 Å². The lowest BCUT2D eigenvalue weighted by molar-refractivity contribution is 0.0365. The molecule has 2 aromatic rings. The molecular formula is C12H18N6O. The van der Waals surface area contributed by atoms with Crippen LogP contribution in [0.15, 0.2) is 12.5 Å². The molecule has 1 aliphatic rings. The van der Waals surface area contributed by atoms with E-state index in [1.165, 1.54) is 0 Å². The Kier molecular flexibility index (Phi) is 2.87. The Morgan fingerprint density at radius 1 is 1.47 bits per heavy atom. The van der Waals surface area contributed by atoms with Gasteiger partial charge >= 0.3 is 0 Å². The van der Waals surface area contributed by atoms with Crippen LogP contribution in [0.4, 0.5) is 5.95 Å². The number of aromatic nitrogens is 4. The van der Waals surface area contributed by atoms with Gasteiger partial charge in [0, 0.05) is 13.1 Å². The van der Waals surface area contributed by atoms with Crippen molar-refractivity contribution >= 4 is 17.1 Å². The van der Waals surface area contributed by atoms with Gasteiger partial charge in [0.2, 0.25) is 5.95 Å². The second-order valence-electron chi connectivity index (χ2n) is 5.44. The molecule has 0 unspecified atom stereocenters. The SMILES string of the molecule is CN(C)C[C@@]1(O)CCN(c2ncc3[nH]cnc3n2)C1. The molecule has 102 valence electrons. The zero-order chi connectivity index (χ0) is 13.5. The first-order valence-corrected chi connectivity index (χ1v) is 6.34. The molecule has 0 aromatic carbocycles. The number of nitrogens with one attached hydrogen (secondary N) is 1. The van der Waals surface area contributed by atoms with Gasteiger partial charge in [-0.25, -0.2) is 9.97 Å². The first kappa shape index (κ1) is 12.3. The smallest absolute Gasteiger partial charge is 0.227 e. The summed E-state index contributed by atoms with van der Waals surface area (Å²) in [5.74, 6) is 0.634. The zero-order valence-corrected chi connectivity index (χ0v) is 11.2. The molecule has 1 fully saturated rings. The molecule has 1 aliphatic heterocycles. The van der Waals surface area contributed by atoms with Crippen molar-refractivity contribution in [2.24, 2.45) is 0 Å². The molecule has 3 rings (SSSR count). The molecule has 7 heteroatoms. The molecule has 0 saturated carbocycles. The molecule has 19 heavy (non-hydrogen) atoms. The van der Waals surface area contributed by atoms with Crippen molar-refractivity contribution < 1.29 is 5.11 Å².